The van der Waals surface area contributed by atoms with E-state index in [1.54, 1.807) is 0 Å². The molecular formula is C19H34O2Si. The van der Waals surface area contributed by atoms with E-state index in [9.17, 15) is 4.79 Å². The maximum absolute atomic E-state index is 12.3. The summed E-state index contributed by atoms with van der Waals surface area (Å²) in [6, 6.07) is 0. The zero-order valence-electron chi connectivity index (χ0n) is 14.8. The molecule has 0 saturated heterocycles. The highest BCUT2D eigenvalue weighted by atomic mass is 28.4. The van der Waals surface area contributed by atoms with Crippen molar-refractivity contribution in [2.24, 2.45) is 0 Å². The van der Waals surface area contributed by atoms with Crippen LogP contribution in [0.25, 0.3) is 0 Å². The number of hydrogen-bond acceptors (Lipinski definition) is 2. The van der Waals surface area contributed by atoms with Gasteiger partial charge in [0.25, 0.3) is 8.32 Å². The third-order valence-electron chi connectivity index (χ3n) is 6.03. The van der Waals surface area contributed by atoms with Crippen molar-refractivity contribution in [1.82, 2.24) is 0 Å². The number of rotatable bonds is 4. The SMILES string of the molecule is C=CC(=O)O[Si](C1CCCCC1)(C1CCCCC1)C(C)(C)C. The number of carbonyl (C=O) groups is 1. The largest absolute Gasteiger partial charge is 0.515 e. The van der Waals surface area contributed by atoms with Gasteiger partial charge in [-0.3, -0.25) is 0 Å². The molecule has 2 aliphatic carbocycles. The van der Waals surface area contributed by atoms with Gasteiger partial charge in [0, 0.05) is 6.08 Å². The average Bonchev–Trinajstić information content (AvgIpc) is 2.52. The predicted molar refractivity (Wildman–Crippen MR) is 95.4 cm³/mol. The molecule has 0 bridgehead atoms. The van der Waals surface area contributed by atoms with Gasteiger partial charge in [0.15, 0.2) is 0 Å². The van der Waals surface area contributed by atoms with Crippen LogP contribution in [0, 0.1) is 0 Å². The van der Waals surface area contributed by atoms with Crippen molar-refractivity contribution in [3.63, 3.8) is 0 Å². The van der Waals surface area contributed by atoms with Crippen LogP contribution < -0.4 is 0 Å². The number of hydrogen-bond donors (Lipinski definition) is 0. The molecule has 126 valence electrons. The van der Waals surface area contributed by atoms with Gasteiger partial charge in [0.1, 0.15) is 0 Å². The van der Waals surface area contributed by atoms with Crippen molar-refractivity contribution in [2.75, 3.05) is 0 Å². The third-order valence-corrected chi connectivity index (χ3v) is 12.5. The fourth-order valence-corrected chi connectivity index (χ4v) is 11.9. The first-order chi connectivity index (χ1) is 10.4. The lowest BCUT2D eigenvalue weighted by molar-refractivity contribution is -0.130. The molecule has 2 rings (SSSR count). The second-order valence-corrected chi connectivity index (χ2v) is 13.3. The quantitative estimate of drug-likeness (QED) is 0.459. The zero-order valence-corrected chi connectivity index (χ0v) is 15.8. The van der Waals surface area contributed by atoms with Crippen LogP contribution in [-0.2, 0) is 9.22 Å². The minimum atomic E-state index is -2.20. The highest BCUT2D eigenvalue weighted by Gasteiger charge is 2.59. The molecule has 0 aromatic carbocycles. The van der Waals surface area contributed by atoms with E-state index in [0.717, 1.165) is 0 Å². The smallest absolute Gasteiger partial charge is 0.316 e. The molecule has 2 fully saturated rings. The van der Waals surface area contributed by atoms with Gasteiger partial charge < -0.3 is 4.43 Å². The maximum Gasteiger partial charge on any atom is 0.316 e. The Bertz CT molecular complexity index is 367. The highest BCUT2D eigenvalue weighted by molar-refractivity contribution is 6.80. The lowest BCUT2D eigenvalue weighted by Gasteiger charge is -2.52. The minimum absolute atomic E-state index is 0.107. The van der Waals surface area contributed by atoms with E-state index in [1.165, 1.54) is 70.3 Å². The molecule has 0 N–H and O–H groups in total. The van der Waals surface area contributed by atoms with Gasteiger partial charge in [0.05, 0.1) is 0 Å². The van der Waals surface area contributed by atoms with E-state index in [4.69, 9.17) is 4.43 Å². The Kier molecular flexibility index (Phi) is 5.92. The highest BCUT2D eigenvalue weighted by Crippen LogP contribution is 2.58. The van der Waals surface area contributed by atoms with Crippen LogP contribution in [0.1, 0.15) is 85.0 Å². The summed E-state index contributed by atoms with van der Waals surface area (Å²) in [6.07, 6.45) is 14.4. The molecule has 0 amide bonds. The summed E-state index contributed by atoms with van der Waals surface area (Å²) < 4.78 is 6.41. The Morgan fingerprint density at radius 1 is 0.955 bits per heavy atom. The monoisotopic (exact) mass is 322 g/mol. The van der Waals surface area contributed by atoms with Crippen LogP contribution in [0.2, 0.25) is 16.1 Å². The second kappa shape index (κ2) is 7.33. The number of carbonyl (C=O) groups excluding carboxylic acids is 1. The van der Waals surface area contributed by atoms with Crippen molar-refractivity contribution in [3.05, 3.63) is 12.7 Å². The normalized spacial score (nSPS) is 22.3. The zero-order chi connectivity index (χ0) is 16.2. The van der Waals surface area contributed by atoms with Crippen molar-refractivity contribution >= 4 is 14.3 Å². The molecule has 22 heavy (non-hydrogen) atoms. The van der Waals surface area contributed by atoms with E-state index in [2.05, 4.69) is 27.4 Å². The molecule has 0 radical (unpaired) electrons. The van der Waals surface area contributed by atoms with Gasteiger partial charge >= 0.3 is 5.97 Å². The topological polar surface area (TPSA) is 26.3 Å². The molecule has 3 heteroatoms. The summed E-state index contributed by atoms with van der Waals surface area (Å²) in [6.45, 7) is 10.7. The Hall–Kier alpha value is -0.573. The van der Waals surface area contributed by atoms with Crippen LogP contribution >= 0.6 is 0 Å². The molecule has 2 aliphatic rings. The lowest BCUT2D eigenvalue weighted by atomic mass is 9.99. The standard InChI is InChI=1S/C19H34O2Si/c1-5-18(20)21-22(19(2,3)4,16-12-8-6-9-13-16)17-14-10-7-11-15-17/h5,16-17H,1,6-15H2,2-4H3. The van der Waals surface area contributed by atoms with E-state index in [1.807, 2.05) is 0 Å². The molecule has 0 aromatic heterocycles. The first kappa shape index (κ1) is 17.8. The van der Waals surface area contributed by atoms with Crippen molar-refractivity contribution in [3.8, 4) is 0 Å². The first-order valence-corrected chi connectivity index (χ1v) is 11.3. The molecule has 0 aromatic rings. The summed E-state index contributed by atoms with van der Waals surface area (Å²) in [4.78, 5) is 12.3. The fraction of sp³-hybridized carbons (Fsp3) is 0.842. The molecule has 0 aliphatic heterocycles. The fourth-order valence-electron chi connectivity index (χ4n) is 5.15. The summed E-state index contributed by atoms with van der Waals surface area (Å²) >= 11 is 0. The molecule has 2 saturated carbocycles. The summed E-state index contributed by atoms with van der Waals surface area (Å²) in [7, 11) is -2.20. The second-order valence-electron chi connectivity index (χ2n) is 8.34. The van der Waals surface area contributed by atoms with Crippen molar-refractivity contribution < 1.29 is 9.22 Å². The van der Waals surface area contributed by atoms with Crippen LogP contribution in [0.3, 0.4) is 0 Å². The van der Waals surface area contributed by atoms with E-state index in [0.29, 0.717) is 11.1 Å². The van der Waals surface area contributed by atoms with E-state index >= 15 is 0 Å². The Balaban J connectivity index is 2.40. The Labute approximate surface area is 137 Å². The van der Waals surface area contributed by atoms with Crippen LogP contribution in [0.15, 0.2) is 12.7 Å². The van der Waals surface area contributed by atoms with Crippen molar-refractivity contribution in [1.29, 1.82) is 0 Å². The molecular weight excluding hydrogens is 288 g/mol. The molecule has 0 unspecified atom stereocenters. The molecule has 0 heterocycles. The van der Waals surface area contributed by atoms with Crippen LogP contribution in [0.5, 0.6) is 0 Å². The Morgan fingerprint density at radius 3 is 1.68 bits per heavy atom. The van der Waals surface area contributed by atoms with Crippen LogP contribution in [-0.4, -0.2) is 14.3 Å². The first-order valence-electron chi connectivity index (χ1n) is 9.27. The molecule has 2 nitrogen and oxygen atoms in total. The molecule has 0 atom stereocenters. The summed E-state index contributed by atoms with van der Waals surface area (Å²) in [5.74, 6) is -0.169. The van der Waals surface area contributed by atoms with Gasteiger partial charge in [-0.2, -0.15) is 0 Å². The van der Waals surface area contributed by atoms with Crippen molar-refractivity contribution in [2.45, 2.75) is 101 Å². The Morgan fingerprint density at radius 2 is 1.36 bits per heavy atom. The maximum atomic E-state index is 12.3. The minimum Gasteiger partial charge on any atom is -0.515 e. The average molecular weight is 323 g/mol. The lowest BCUT2D eigenvalue weighted by Crippen LogP contribution is -2.57. The van der Waals surface area contributed by atoms with Gasteiger partial charge in [-0.05, 0) is 41.8 Å². The van der Waals surface area contributed by atoms with Gasteiger partial charge in [-0.1, -0.05) is 65.9 Å². The summed E-state index contributed by atoms with van der Waals surface area (Å²) in [5, 5.41) is 0.107. The predicted octanol–water partition coefficient (Wildman–Crippen LogP) is 6.13. The van der Waals surface area contributed by atoms with Gasteiger partial charge in [-0.15, -0.1) is 0 Å². The van der Waals surface area contributed by atoms with Crippen LogP contribution in [0.4, 0.5) is 0 Å². The van der Waals surface area contributed by atoms with Gasteiger partial charge in [-0.25, -0.2) is 4.79 Å². The molecule has 0 spiro atoms. The van der Waals surface area contributed by atoms with Gasteiger partial charge in [0.2, 0.25) is 0 Å². The van der Waals surface area contributed by atoms with E-state index < -0.39 is 8.32 Å². The third kappa shape index (κ3) is 3.50. The summed E-state index contributed by atoms with van der Waals surface area (Å²) in [5.41, 5.74) is 1.29. The van der Waals surface area contributed by atoms with E-state index in [-0.39, 0.29) is 11.0 Å².